The van der Waals surface area contributed by atoms with Gasteiger partial charge in [-0.15, -0.1) is 0 Å². The average molecular weight is 275 g/mol. The van der Waals surface area contributed by atoms with E-state index in [0.29, 0.717) is 6.04 Å². The van der Waals surface area contributed by atoms with Crippen LogP contribution in [0.2, 0.25) is 0 Å². The summed E-state index contributed by atoms with van der Waals surface area (Å²) in [5.41, 5.74) is 1.06. The van der Waals surface area contributed by atoms with Crippen LogP contribution in [0.15, 0.2) is 10.7 Å². The lowest BCUT2D eigenvalue weighted by atomic mass is 9.96. The van der Waals surface area contributed by atoms with Gasteiger partial charge in [-0.1, -0.05) is 12.8 Å². The van der Waals surface area contributed by atoms with Crippen LogP contribution < -0.4 is 10.2 Å². The lowest BCUT2D eigenvalue weighted by Crippen LogP contribution is -2.34. The van der Waals surface area contributed by atoms with Crippen molar-refractivity contribution in [1.29, 1.82) is 0 Å². The molecule has 110 valence electrons. The van der Waals surface area contributed by atoms with E-state index in [-0.39, 0.29) is 0 Å². The van der Waals surface area contributed by atoms with Crippen molar-refractivity contribution >= 4 is 6.01 Å². The first-order chi connectivity index (χ1) is 9.90. The van der Waals surface area contributed by atoms with Crippen molar-refractivity contribution in [2.75, 3.05) is 11.4 Å². The number of anilines is 1. The molecule has 3 aliphatic rings. The Morgan fingerprint density at radius 1 is 1.15 bits per heavy atom. The SMILES string of the molecule is c1oc(N2CCCC2C2CCCC2)nc1CNC1CC1. The van der Waals surface area contributed by atoms with Crippen molar-refractivity contribution in [3.63, 3.8) is 0 Å². The van der Waals surface area contributed by atoms with Gasteiger partial charge < -0.3 is 14.6 Å². The van der Waals surface area contributed by atoms with Crippen LogP contribution in [0.5, 0.6) is 0 Å². The summed E-state index contributed by atoms with van der Waals surface area (Å²) in [6.45, 7) is 1.98. The zero-order valence-electron chi connectivity index (χ0n) is 12.2. The standard InChI is InChI=1S/C16H25N3O/c1-2-5-12(4-1)15-6-3-9-19(15)16-18-14(11-20-16)10-17-13-7-8-13/h11-13,15,17H,1-10H2. The van der Waals surface area contributed by atoms with E-state index in [0.717, 1.165) is 36.8 Å². The summed E-state index contributed by atoms with van der Waals surface area (Å²) in [7, 11) is 0. The zero-order chi connectivity index (χ0) is 13.4. The van der Waals surface area contributed by atoms with E-state index in [4.69, 9.17) is 9.40 Å². The number of nitrogens with zero attached hydrogens (tertiary/aromatic N) is 2. The molecule has 1 aromatic rings. The number of aromatic nitrogens is 1. The molecule has 4 heteroatoms. The van der Waals surface area contributed by atoms with Gasteiger partial charge in [0.15, 0.2) is 0 Å². The maximum atomic E-state index is 5.77. The summed E-state index contributed by atoms with van der Waals surface area (Å²) >= 11 is 0. The molecule has 1 N–H and O–H groups in total. The molecule has 4 rings (SSSR count). The minimum Gasteiger partial charge on any atom is -0.432 e. The molecule has 1 aliphatic heterocycles. The van der Waals surface area contributed by atoms with Crippen LogP contribution in [0.4, 0.5) is 6.01 Å². The fourth-order valence-corrected chi connectivity index (χ4v) is 3.91. The molecular formula is C16H25N3O. The molecule has 20 heavy (non-hydrogen) atoms. The molecule has 1 aromatic heterocycles. The highest BCUT2D eigenvalue weighted by Gasteiger charge is 2.35. The van der Waals surface area contributed by atoms with Crippen LogP contribution in [0, 0.1) is 5.92 Å². The zero-order valence-corrected chi connectivity index (χ0v) is 12.2. The minimum absolute atomic E-state index is 0.681. The maximum absolute atomic E-state index is 5.77. The van der Waals surface area contributed by atoms with Crippen LogP contribution in [-0.4, -0.2) is 23.6 Å². The molecule has 0 bridgehead atoms. The third-order valence-corrected chi connectivity index (χ3v) is 5.18. The summed E-state index contributed by atoms with van der Waals surface area (Å²) in [5, 5.41) is 3.50. The number of oxazole rings is 1. The van der Waals surface area contributed by atoms with Crippen LogP contribution in [0.25, 0.3) is 0 Å². The van der Waals surface area contributed by atoms with Crippen LogP contribution in [0.1, 0.15) is 57.1 Å². The monoisotopic (exact) mass is 275 g/mol. The molecule has 1 atom stereocenters. The second-order valence-corrected chi connectivity index (χ2v) is 6.72. The van der Waals surface area contributed by atoms with Gasteiger partial charge in [-0.25, -0.2) is 0 Å². The first kappa shape index (κ1) is 12.7. The highest BCUT2D eigenvalue weighted by Crippen LogP contribution is 2.37. The van der Waals surface area contributed by atoms with Crippen molar-refractivity contribution < 1.29 is 4.42 Å². The van der Waals surface area contributed by atoms with Gasteiger partial charge in [-0.3, -0.25) is 0 Å². The molecule has 1 unspecified atom stereocenters. The van der Waals surface area contributed by atoms with Gasteiger partial charge in [-0.05, 0) is 44.4 Å². The molecule has 1 saturated heterocycles. The average Bonchev–Trinajstić information content (AvgIpc) is 2.95. The molecular weight excluding hydrogens is 250 g/mol. The van der Waals surface area contributed by atoms with E-state index in [1.807, 2.05) is 6.26 Å². The Bertz CT molecular complexity index is 448. The van der Waals surface area contributed by atoms with Gasteiger partial charge >= 0.3 is 0 Å². The number of hydrogen-bond donors (Lipinski definition) is 1. The van der Waals surface area contributed by atoms with Crippen LogP contribution >= 0.6 is 0 Å². The van der Waals surface area contributed by atoms with Crippen molar-refractivity contribution in [3.05, 3.63) is 12.0 Å². The lowest BCUT2D eigenvalue weighted by Gasteiger charge is -2.27. The highest BCUT2D eigenvalue weighted by molar-refractivity contribution is 5.31. The first-order valence-electron chi connectivity index (χ1n) is 8.34. The number of rotatable bonds is 5. The molecule has 2 aliphatic carbocycles. The molecule has 0 amide bonds. The fourth-order valence-electron chi connectivity index (χ4n) is 3.91. The molecule has 4 nitrogen and oxygen atoms in total. The van der Waals surface area contributed by atoms with E-state index in [2.05, 4.69) is 10.2 Å². The number of hydrogen-bond acceptors (Lipinski definition) is 4. The van der Waals surface area contributed by atoms with E-state index >= 15 is 0 Å². The van der Waals surface area contributed by atoms with Gasteiger partial charge in [0.2, 0.25) is 0 Å². The predicted octanol–water partition coefficient (Wildman–Crippen LogP) is 3.09. The Balaban J connectivity index is 1.42. The van der Waals surface area contributed by atoms with Crippen molar-refractivity contribution in [2.45, 2.75) is 70.0 Å². The van der Waals surface area contributed by atoms with Crippen LogP contribution in [0.3, 0.4) is 0 Å². The Kier molecular flexibility index (Phi) is 3.42. The maximum Gasteiger partial charge on any atom is 0.297 e. The first-order valence-corrected chi connectivity index (χ1v) is 8.34. The summed E-state index contributed by atoms with van der Waals surface area (Å²) in [6.07, 6.45) is 12.7. The summed E-state index contributed by atoms with van der Waals surface area (Å²) in [4.78, 5) is 7.15. The smallest absolute Gasteiger partial charge is 0.297 e. The Labute approximate surface area is 120 Å². The van der Waals surface area contributed by atoms with Gasteiger partial charge in [0.25, 0.3) is 6.01 Å². The molecule has 2 heterocycles. The molecule has 0 radical (unpaired) electrons. The van der Waals surface area contributed by atoms with Crippen molar-refractivity contribution in [2.24, 2.45) is 5.92 Å². The largest absolute Gasteiger partial charge is 0.432 e. The predicted molar refractivity (Wildman–Crippen MR) is 78.7 cm³/mol. The molecule has 0 aromatic carbocycles. The molecule has 0 spiro atoms. The minimum atomic E-state index is 0.681. The Morgan fingerprint density at radius 2 is 2.00 bits per heavy atom. The molecule has 3 fully saturated rings. The van der Waals surface area contributed by atoms with Gasteiger partial charge in [0.1, 0.15) is 6.26 Å². The third-order valence-electron chi connectivity index (χ3n) is 5.18. The Morgan fingerprint density at radius 3 is 2.80 bits per heavy atom. The topological polar surface area (TPSA) is 41.3 Å². The second kappa shape index (κ2) is 5.40. The summed E-state index contributed by atoms with van der Waals surface area (Å²) in [6, 6.07) is 2.28. The van der Waals surface area contributed by atoms with Crippen molar-refractivity contribution in [1.82, 2.24) is 10.3 Å². The van der Waals surface area contributed by atoms with Crippen LogP contribution in [-0.2, 0) is 6.54 Å². The van der Waals surface area contributed by atoms with E-state index in [1.165, 1.54) is 51.4 Å². The lowest BCUT2D eigenvalue weighted by molar-refractivity contribution is 0.409. The summed E-state index contributed by atoms with van der Waals surface area (Å²) in [5.74, 6) is 0.873. The second-order valence-electron chi connectivity index (χ2n) is 6.72. The fraction of sp³-hybridized carbons (Fsp3) is 0.812. The quantitative estimate of drug-likeness (QED) is 0.896. The highest BCUT2D eigenvalue weighted by atomic mass is 16.4. The van der Waals surface area contributed by atoms with Crippen molar-refractivity contribution in [3.8, 4) is 0 Å². The van der Waals surface area contributed by atoms with Gasteiger partial charge in [0, 0.05) is 25.2 Å². The van der Waals surface area contributed by atoms with E-state index in [1.54, 1.807) is 0 Å². The van der Waals surface area contributed by atoms with E-state index < -0.39 is 0 Å². The van der Waals surface area contributed by atoms with Gasteiger partial charge in [0.05, 0.1) is 5.69 Å². The summed E-state index contributed by atoms with van der Waals surface area (Å²) < 4.78 is 5.77. The Hall–Kier alpha value is -1.03. The third kappa shape index (κ3) is 2.58. The van der Waals surface area contributed by atoms with Gasteiger partial charge in [-0.2, -0.15) is 4.98 Å². The van der Waals surface area contributed by atoms with E-state index in [9.17, 15) is 0 Å². The normalized spacial score (nSPS) is 27.6. The number of nitrogens with one attached hydrogen (secondary N) is 1. The molecule has 2 saturated carbocycles.